The van der Waals surface area contributed by atoms with Gasteiger partial charge >= 0.3 is 0 Å². The molecule has 5 saturated carbocycles. The molecule has 2 spiro atoms. The van der Waals surface area contributed by atoms with Crippen molar-refractivity contribution in [3.8, 4) is 0 Å². The molecule has 2 unspecified atom stereocenters. The predicted molar refractivity (Wildman–Crippen MR) is 206 cm³/mol. The molecule has 2 nitrogen and oxygen atoms in total. The fourth-order valence-electron chi connectivity index (χ4n) is 17.5. The van der Waals surface area contributed by atoms with Gasteiger partial charge in [-0.25, -0.2) is 0 Å². The minimum absolute atomic E-state index is 0.144. The van der Waals surface area contributed by atoms with Gasteiger partial charge in [0.05, 0.1) is 0 Å². The molecule has 0 radical (unpaired) electrons. The van der Waals surface area contributed by atoms with Crippen LogP contribution in [-0.2, 0) is 31.9 Å². The lowest BCUT2D eigenvalue weighted by atomic mass is 9.33. The van der Waals surface area contributed by atoms with Gasteiger partial charge in [-0.1, -0.05) is 182 Å². The summed E-state index contributed by atoms with van der Waals surface area (Å²) in [7, 11) is 0. The lowest BCUT2D eigenvalue weighted by Gasteiger charge is -2.65. The summed E-state index contributed by atoms with van der Waals surface area (Å²) < 4.78 is 16.8. The first-order chi connectivity index (χ1) is 26.8. The standard InChI is InChI=1S/C52H38O2/c1-5-17-31(18-6-1)47-35-25-13-14-26-36(35)48(53-47,32-19-7-2-8-20-32)46-44-42-41-39-29-30-40(41)50(44)49(39,43(42)45(46)47)51(33-21-9-3-10-22-33)37-27-15-16-28-38(37)52(50,54-51)34-23-11-4-12-24-34/h1-30,39-46H/t39-,40+,41?,42?,43-,44+,45+,46-,47-,48+,49+,50-,51-,52+. The number of hydrogen-bond acceptors (Lipinski definition) is 2. The molecular formula is C52H38O2. The van der Waals surface area contributed by atoms with Crippen molar-refractivity contribution in [2.24, 2.45) is 58.2 Å². The number of rotatable bonds is 4. The zero-order valence-electron chi connectivity index (χ0n) is 29.8. The van der Waals surface area contributed by atoms with Crippen molar-refractivity contribution in [1.82, 2.24) is 0 Å². The van der Waals surface area contributed by atoms with Crippen LogP contribution in [0.5, 0.6) is 0 Å². The van der Waals surface area contributed by atoms with Crippen LogP contribution in [0.1, 0.15) is 44.5 Å². The fraction of sp³-hybridized carbons (Fsp3) is 0.269. The maximum Gasteiger partial charge on any atom is 0.127 e. The van der Waals surface area contributed by atoms with E-state index in [4.69, 9.17) is 9.47 Å². The van der Waals surface area contributed by atoms with E-state index in [2.05, 4.69) is 182 Å². The molecule has 14 atom stereocenters. The third kappa shape index (κ3) is 2.27. The summed E-state index contributed by atoms with van der Waals surface area (Å²) in [6.07, 6.45) is 5.38. The molecule has 4 aliphatic heterocycles. The predicted octanol–water partition coefficient (Wildman–Crippen LogP) is 9.98. The molecule has 54 heavy (non-hydrogen) atoms. The highest BCUT2D eigenvalue weighted by Crippen LogP contribution is 3.06. The van der Waals surface area contributed by atoms with Crippen molar-refractivity contribution in [3.63, 3.8) is 0 Å². The van der Waals surface area contributed by atoms with Gasteiger partial charge in [-0.2, -0.15) is 0 Å². The maximum absolute atomic E-state index is 8.51. The second kappa shape index (κ2) is 8.60. The third-order valence-corrected chi connectivity index (χ3v) is 17.5. The summed E-state index contributed by atoms with van der Waals surface area (Å²) in [6.45, 7) is 0. The van der Waals surface area contributed by atoms with Gasteiger partial charge in [-0.15, -0.1) is 0 Å². The molecule has 0 amide bonds. The van der Waals surface area contributed by atoms with E-state index in [0.29, 0.717) is 47.3 Å². The molecule has 7 fully saturated rings. The first-order valence-electron chi connectivity index (χ1n) is 20.3. The summed E-state index contributed by atoms with van der Waals surface area (Å²) >= 11 is 0. The second-order valence-electron chi connectivity index (χ2n) is 18.0. The number of benzene rings is 6. The molecular weight excluding hydrogens is 657 g/mol. The summed E-state index contributed by atoms with van der Waals surface area (Å²) in [5.74, 6) is 3.48. The van der Waals surface area contributed by atoms with Crippen LogP contribution in [0.4, 0.5) is 0 Å². The van der Waals surface area contributed by atoms with Crippen molar-refractivity contribution >= 4 is 0 Å². The van der Waals surface area contributed by atoms with Crippen LogP contribution in [0.15, 0.2) is 182 Å². The number of hydrogen-bond donors (Lipinski definition) is 0. The van der Waals surface area contributed by atoms with Crippen molar-refractivity contribution < 1.29 is 9.47 Å². The van der Waals surface area contributed by atoms with Crippen LogP contribution >= 0.6 is 0 Å². The Labute approximate surface area is 315 Å². The topological polar surface area (TPSA) is 18.5 Å². The molecule has 6 aromatic carbocycles. The highest BCUT2D eigenvalue weighted by Gasteiger charge is 3.07. The molecule has 0 N–H and O–H groups in total. The van der Waals surface area contributed by atoms with Crippen molar-refractivity contribution in [3.05, 3.63) is 227 Å². The molecule has 258 valence electrons. The van der Waals surface area contributed by atoms with E-state index in [1.807, 2.05) is 0 Å². The zero-order chi connectivity index (χ0) is 34.9. The first kappa shape index (κ1) is 28.4. The van der Waals surface area contributed by atoms with E-state index >= 15 is 0 Å². The van der Waals surface area contributed by atoms with Gasteiger partial charge in [0.1, 0.15) is 22.4 Å². The summed E-state index contributed by atoms with van der Waals surface area (Å²) in [6, 6.07) is 64.6. The first-order valence-corrected chi connectivity index (χ1v) is 20.3. The van der Waals surface area contributed by atoms with Gasteiger partial charge in [-0.3, -0.25) is 0 Å². The van der Waals surface area contributed by atoms with Crippen LogP contribution in [0.3, 0.4) is 0 Å². The van der Waals surface area contributed by atoms with E-state index in [-0.39, 0.29) is 10.8 Å². The Hall–Kier alpha value is -5.02. The summed E-state index contributed by atoms with van der Waals surface area (Å²) in [5, 5.41) is 0. The SMILES string of the molecule is C1=C[C@H]2C3C4[C@@H]5[C@H]6[C@@H]([C@H]4[C@]24[C@@]2(c7ccccc7)O[C@](c7ccccc7)(c7ccccc72)[C@@]54[C@H]13)[C@@]1(c2ccccc2)O[C@]6(c2ccccc2)c2ccccc21. The van der Waals surface area contributed by atoms with Gasteiger partial charge < -0.3 is 9.47 Å². The Kier molecular flexibility index (Phi) is 4.53. The van der Waals surface area contributed by atoms with E-state index in [1.165, 1.54) is 44.5 Å². The largest absolute Gasteiger partial charge is 0.349 e. The molecule has 12 bridgehead atoms. The fourth-order valence-corrected chi connectivity index (χ4v) is 17.5. The monoisotopic (exact) mass is 694 g/mol. The molecule has 10 aliphatic rings. The maximum atomic E-state index is 8.51. The Balaban J connectivity index is 1.14. The number of ether oxygens (including phenoxy) is 2. The number of allylic oxidation sites excluding steroid dienone is 2. The van der Waals surface area contributed by atoms with Crippen molar-refractivity contribution in [2.45, 2.75) is 22.4 Å². The van der Waals surface area contributed by atoms with Crippen LogP contribution in [0.25, 0.3) is 0 Å². The van der Waals surface area contributed by atoms with Crippen LogP contribution in [0.2, 0.25) is 0 Å². The Morgan fingerprint density at radius 3 is 1.07 bits per heavy atom. The Bertz CT molecular complexity index is 2480. The van der Waals surface area contributed by atoms with Gasteiger partial charge in [-0.05, 0) is 80.0 Å². The lowest BCUT2D eigenvalue weighted by Crippen LogP contribution is -2.67. The van der Waals surface area contributed by atoms with Gasteiger partial charge in [0.2, 0.25) is 0 Å². The van der Waals surface area contributed by atoms with Crippen molar-refractivity contribution in [1.29, 1.82) is 0 Å². The van der Waals surface area contributed by atoms with Gasteiger partial charge in [0.25, 0.3) is 0 Å². The average molecular weight is 695 g/mol. The minimum atomic E-state index is -0.596. The minimum Gasteiger partial charge on any atom is -0.349 e. The van der Waals surface area contributed by atoms with Crippen LogP contribution in [-0.4, -0.2) is 0 Å². The number of fused-ring (bicyclic) bond motifs is 13. The second-order valence-corrected chi connectivity index (χ2v) is 18.0. The van der Waals surface area contributed by atoms with Gasteiger partial charge in [0, 0.05) is 22.7 Å². The molecule has 0 aromatic heterocycles. The Morgan fingerprint density at radius 2 is 0.667 bits per heavy atom. The van der Waals surface area contributed by atoms with Gasteiger partial charge in [0.15, 0.2) is 0 Å². The van der Waals surface area contributed by atoms with Crippen LogP contribution < -0.4 is 0 Å². The van der Waals surface area contributed by atoms with E-state index in [1.54, 1.807) is 0 Å². The lowest BCUT2D eigenvalue weighted by molar-refractivity contribution is -0.128. The van der Waals surface area contributed by atoms with E-state index in [9.17, 15) is 0 Å². The molecule has 2 saturated heterocycles. The average Bonchev–Trinajstić information content (AvgIpc) is 4.13. The molecule has 6 aromatic rings. The Morgan fingerprint density at radius 1 is 0.315 bits per heavy atom. The zero-order valence-corrected chi connectivity index (χ0v) is 29.8. The van der Waals surface area contributed by atoms with Crippen molar-refractivity contribution in [2.75, 3.05) is 0 Å². The van der Waals surface area contributed by atoms with E-state index < -0.39 is 22.4 Å². The molecule has 2 heteroatoms. The highest BCUT2D eigenvalue weighted by atomic mass is 16.6. The highest BCUT2D eigenvalue weighted by molar-refractivity contribution is 5.71. The van der Waals surface area contributed by atoms with Crippen LogP contribution in [0, 0.1) is 58.2 Å². The third-order valence-electron chi connectivity index (χ3n) is 17.5. The van der Waals surface area contributed by atoms with E-state index in [0.717, 1.165) is 0 Å². The quantitative estimate of drug-likeness (QED) is 0.171. The summed E-state index contributed by atoms with van der Waals surface area (Å²) in [4.78, 5) is 0. The normalized spacial score (nSPS) is 45.6. The molecule has 6 aliphatic carbocycles. The smallest absolute Gasteiger partial charge is 0.127 e. The summed E-state index contributed by atoms with van der Waals surface area (Å²) in [5.41, 5.74) is 8.23. The molecule has 4 heterocycles. The molecule has 16 rings (SSSR count).